The first-order chi connectivity index (χ1) is 12.3. The molecule has 2 N–H and O–H groups in total. The molecule has 1 aromatic heterocycles. The topological polar surface area (TPSA) is 71.8 Å². The highest BCUT2D eigenvalue weighted by Gasteiger charge is 2.18. The average Bonchev–Trinajstić information content (AvgIpc) is 3.17. The first-order valence-electron chi connectivity index (χ1n) is 8.68. The second kappa shape index (κ2) is 7.03. The highest BCUT2D eigenvalue weighted by molar-refractivity contribution is 5.92. The minimum absolute atomic E-state index is 0.187. The molecule has 1 fully saturated rings. The van der Waals surface area contributed by atoms with Crippen LogP contribution in [0.5, 0.6) is 0 Å². The van der Waals surface area contributed by atoms with E-state index in [1.807, 2.05) is 28.9 Å². The van der Waals surface area contributed by atoms with Gasteiger partial charge in [-0.1, -0.05) is 47.7 Å². The minimum atomic E-state index is -0.187. The van der Waals surface area contributed by atoms with Crippen molar-refractivity contribution >= 4 is 16.7 Å². The molecule has 1 amide bonds. The Kier molecular flexibility index (Phi) is 4.43. The molecule has 1 aliphatic rings. The highest BCUT2D eigenvalue weighted by Crippen LogP contribution is 2.19. The molecule has 0 radical (unpaired) electrons. The molecule has 0 aliphatic carbocycles. The molecule has 2 aromatic carbocycles. The summed E-state index contributed by atoms with van der Waals surface area (Å²) in [6, 6.07) is 14.6. The Bertz CT molecular complexity index is 877. The molecule has 0 unspecified atom stereocenters. The molecule has 4 rings (SSSR count). The van der Waals surface area contributed by atoms with Gasteiger partial charge in [-0.25, -0.2) is 4.68 Å². The van der Waals surface area contributed by atoms with Crippen molar-refractivity contribution in [2.24, 2.45) is 0 Å². The predicted octanol–water partition coefficient (Wildman–Crippen LogP) is 2.29. The summed E-state index contributed by atoms with van der Waals surface area (Å²) < 4.78 is 1.83. The van der Waals surface area contributed by atoms with E-state index < -0.39 is 0 Å². The molecular weight excluding hydrogens is 314 g/mol. The number of nitrogens with one attached hydrogen (secondary N) is 2. The van der Waals surface area contributed by atoms with Crippen molar-refractivity contribution in [1.82, 2.24) is 25.6 Å². The lowest BCUT2D eigenvalue weighted by atomic mass is 10.0. The van der Waals surface area contributed by atoms with Crippen molar-refractivity contribution in [1.29, 1.82) is 0 Å². The molecule has 0 atom stereocenters. The Morgan fingerprint density at radius 1 is 1.16 bits per heavy atom. The van der Waals surface area contributed by atoms with Gasteiger partial charge in [-0.15, -0.1) is 5.10 Å². The van der Waals surface area contributed by atoms with E-state index in [4.69, 9.17) is 0 Å². The maximum Gasteiger partial charge on any atom is 0.273 e. The number of hydrogen-bond donors (Lipinski definition) is 2. The first-order valence-corrected chi connectivity index (χ1v) is 8.68. The van der Waals surface area contributed by atoms with Crippen LogP contribution in [0.3, 0.4) is 0 Å². The van der Waals surface area contributed by atoms with Crippen LogP contribution in [0.2, 0.25) is 0 Å². The fourth-order valence-electron chi connectivity index (χ4n) is 3.34. The van der Waals surface area contributed by atoms with E-state index in [0.29, 0.717) is 18.3 Å². The van der Waals surface area contributed by atoms with Crippen molar-refractivity contribution in [2.45, 2.75) is 25.4 Å². The Labute approximate surface area is 146 Å². The Morgan fingerprint density at radius 3 is 2.84 bits per heavy atom. The van der Waals surface area contributed by atoms with Crippen LogP contribution < -0.4 is 10.6 Å². The summed E-state index contributed by atoms with van der Waals surface area (Å²) in [6.45, 7) is 2.43. The fourth-order valence-corrected chi connectivity index (χ4v) is 3.34. The largest absolute Gasteiger partial charge is 0.346 e. The summed E-state index contributed by atoms with van der Waals surface area (Å²) >= 11 is 0. The van der Waals surface area contributed by atoms with Gasteiger partial charge in [0.2, 0.25) is 0 Å². The second-order valence-corrected chi connectivity index (χ2v) is 6.39. The number of carbonyl (C=O) groups excluding carboxylic acids is 1. The van der Waals surface area contributed by atoms with E-state index in [2.05, 4.69) is 39.1 Å². The Balaban J connectivity index is 1.44. The van der Waals surface area contributed by atoms with Gasteiger partial charge in [0.05, 0.1) is 12.2 Å². The summed E-state index contributed by atoms with van der Waals surface area (Å²) in [5.41, 5.74) is 1.47. The molecule has 128 valence electrons. The first kappa shape index (κ1) is 15.8. The standard InChI is InChI=1S/C19H21N5O/c25-19(18-13-24(23-22-18)16-8-10-20-11-9-16)21-12-15-6-3-5-14-4-1-2-7-17(14)15/h1-7,13,16,20H,8-12H2,(H,21,25). The van der Waals surface area contributed by atoms with Crippen LogP contribution in [0.4, 0.5) is 0 Å². The molecule has 25 heavy (non-hydrogen) atoms. The van der Waals surface area contributed by atoms with Gasteiger partial charge >= 0.3 is 0 Å². The predicted molar refractivity (Wildman–Crippen MR) is 96.3 cm³/mol. The van der Waals surface area contributed by atoms with E-state index in [1.54, 1.807) is 6.20 Å². The Hall–Kier alpha value is -2.73. The van der Waals surface area contributed by atoms with Crippen LogP contribution >= 0.6 is 0 Å². The number of benzene rings is 2. The SMILES string of the molecule is O=C(NCc1cccc2ccccc12)c1cn(C2CCNCC2)nn1. The zero-order valence-electron chi connectivity index (χ0n) is 14.0. The fraction of sp³-hybridized carbons (Fsp3) is 0.316. The average molecular weight is 335 g/mol. The van der Waals surface area contributed by atoms with Crippen LogP contribution in [-0.2, 0) is 6.54 Å². The van der Waals surface area contributed by atoms with Gasteiger partial charge < -0.3 is 10.6 Å². The van der Waals surface area contributed by atoms with Crippen LogP contribution in [0.15, 0.2) is 48.7 Å². The lowest BCUT2D eigenvalue weighted by Crippen LogP contribution is -2.29. The lowest BCUT2D eigenvalue weighted by molar-refractivity contribution is 0.0946. The van der Waals surface area contributed by atoms with Crippen LogP contribution in [0, 0.1) is 0 Å². The summed E-state index contributed by atoms with van der Waals surface area (Å²) in [6.07, 6.45) is 3.79. The van der Waals surface area contributed by atoms with E-state index in [9.17, 15) is 4.79 Å². The van der Waals surface area contributed by atoms with Gasteiger partial charge in [0.1, 0.15) is 0 Å². The third-order valence-electron chi connectivity index (χ3n) is 4.75. The zero-order chi connectivity index (χ0) is 17.1. The van der Waals surface area contributed by atoms with Crippen LogP contribution in [0.25, 0.3) is 10.8 Å². The lowest BCUT2D eigenvalue weighted by Gasteiger charge is -2.22. The summed E-state index contributed by atoms with van der Waals surface area (Å²) in [5.74, 6) is -0.187. The molecule has 6 nitrogen and oxygen atoms in total. The van der Waals surface area contributed by atoms with E-state index >= 15 is 0 Å². The van der Waals surface area contributed by atoms with E-state index in [-0.39, 0.29) is 5.91 Å². The van der Waals surface area contributed by atoms with Crippen molar-refractivity contribution in [3.8, 4) is 0 Å². The summed E-state index contributed by atoms with van der Waals surface area (Å²) in [5, 5.41) is 16.8. The summed E-state index contributed by atoms with van der Waals surface area (Å²) in [7, 11) is 0. The van der Waals surface area contributed by atoms with E-state index in [1.165, 1.54) is 5.39 Å². The molecule has 0 spiro atoms. The highest BCUT2D eigenvalue weighted by atomic mass is 16.2. The van der Waals surface area contributed by atoms with Gasteiger partial charge in [-0.2, -0.15) is 0 Å². The molecule has 1 aliphatic heterocycles. The number of fused-ring (bicyclic) bond motifs is 1. The number of carbonyl (C=O) groups is 1. The number of nitrogens with zero attached hydrogens (tertiary/aromatic N) is 3. The number of rotatable bonds is 4. The number of hydrogen-bond acceptors (Lipinski definition) is 4. The quantitative estimate of drug-likeness (QED) is 0.767. The van der Waals surface area contributed by atoms with Crippen molar-refractivity contribution < 1.29 is 4.79 Å². The smallest absolute Gasteiger partial charge is 0.273 e. The molecule has 6 heteroatoms. The molecule has 1 saturated heterocycles. The summed E-state index contributed by atoms with van der Waals surface area (Å²) in [4.78, 5) is 12.4. The van der Waals surface area contributed by atoms with Crippen molar-refractivity contribution in [3.05, 3.63) is 59.9 Å². The van der Waals surface area contributed by atoms with Crippen LogP contribution in [-0.4, -0.2) is 34.0 Å². The Morgan fingerprint density at radius 2 is 1.96 bits per heavy atom. The van der Waals surface area contributed by atoms with Crippen molar-refractivity contribution in [2.75, 3.05) is 13.1 Å². The third kappa shape index (κ3) is 3.39. The third-order valence-corrected chi connectivity index (χ3v) is 4.75. The maximum atomic E-state index is 12.4. The van der Waals surface area contributed by atoms with Gasteiger partial charge in [0.25, 0.3) is 5.91 Å². The maximum absolute atomic E-state index is 12.4. The zero-order valence-corrected chi connectivity index (χ0v) is 14.0. The van der Waals surface area contributed by atoms with Gasteiger partial charge in [-0.05, 0) is 42.3 Å². The number of aromatic nitrogens is 3. The molecule has 0 bridgehead atoms. The van der Waals surface area contributed by atoms with Gasteiger partial charge in [0, 0.05) is 6.54 Å². The van der Waals surface area contributed by atoms with E-state index in [0.717, 1.165) is 36.9 Å². The van der Waals surface area contributed by atoms with Gasteiger partial charge in [0.15, 0.2) is 5.69 Å². The van der Waals surface area contributed by atoms with Crippen LogP contribution in [0.1, 0.15) is 34.9 Å². The molecule has 0 saturated carbocycles. The molecule has 3 aromatic rings. The monoisotopic (exact) mass is 335 g/mol. The minimum Gasteiger partial charge on any atom is -0.346 e. The normalized spacial score (nSPS) is 15.4. The second-order valence-electron chi connectivity index (χ2n) is 6.39. The molecule has 2 heterocycles. The number of piperidine rings is 1. The van der Waals surface area contributed by atoms with Crippen molar-refractivity contribution in [3.63, 3.8) is 0 Å². The molecular formula is C19H21N5O. The van der Waals surface area contributed by atoms with Gasteiger partial charge in [-0.3, -0.25) is 4.79 Å². The number of amides is 1.